The first-order chi connectivity index (χ1) is 19.4. The number of hydrogen-bond donors (Lipinski definition) is 3. The predicted molar refractivity (Wildman–Crippen MR) is 154 cm³/mol. The lowest BCUT2D eigenvalue weighted by Gasteiger charge is -2.26. The molecule has 0 radical (unpaired) electrons. The molecule has 0 saturated carbocycles. The summed E-state index contributed by atoms with van der Waals surface area (Å²) < 4.78 is 15.7. The van der Waals surface area contributed by atoms with Crippen molar-refractivity contribution in [3.63, 3.8) is 0 Å². The van der Waals surface area contributed by atoms with E-state index in [1.165, 1.54) is 7.11 Å². The van der Waals surface area contributed by atoms with Gasteiger partial charge in [0, 0.05) is 12.5 Å². The van der Waals surface area contributed by atoms with Gasteiger partial charge in [0.15, 0.2) is 0 Å². The average Bonchev–Trinajstić information content (AvgIpc) is 3.24. The van der Waals surface area contributed by atoms with Gasteiger partial charge < -0.3 is 30.2 Å². The molecule has 0 aliphatic heterocycles. The zero-order valence-corrected chi connectivity index (χ0v) is 24.6. The number of rotatable bonds is 11. The van der Waals surface area contributed by atoms with Gasteiger partial charge in [-0.15, -0.1) is 0 Å². The van der Waals surface area contributed by atoms with Crippen molar-refractivity contribution in [3.05, 3.63) is 59.7 Å². The Morgan fingerprint density at radius 3 is 2.00 bits per heavy atom. The molecule has 3 N–H and O–H groups in total. The van der Waals surface area contributed by atoms with Crippen molar-refractivity contribution in [1.29, 1.82) is 0 Å². The van der Waals surface area contributed by atoms with Crippen LogP contribution in [-0.4, -0.2) is 62.0 Å². The maximum Gasteiger partial charge on any atom is 0.408 e. The number of carbonyl (C=O) groups excluding carboxylic acids is 4. The molecule has 1 aliphatic carbocycles. The standard InChI is InChI=1S/C31H41N3O7/c1-19(2)26(34-30(38)41-31(3,4)5)27(35)33-25(28(36)39-6)16-11-17-32-29(37)40-18-24-22-14-9-7-12-20(22)21-13-8-10-15-23(21)24/h7-10,12-15,19,24-26H,11,16-18H2,1-6H3,(H,32,37)(H,33,35)(H,34,38)/t25-,26-/m0/s1. The van der Waals surface area contributed by atoms with Crippen LogP contribution < -0.4 is 16.0 Å². The first-order valence-electron chi connectivity index (χ1n) is 13.9. The molecule has 10 nitrogen and oxygen atoms in total. The number of fused-ring (bicyclic) bond motifs is 3. The number of hydrogen-bond acceptors (Lipinski definition) is 7. The van der Waals surface area contributed by atoms with Crippen LogP contribution in [0.2, 0.25) is 0 Å². The fraction of sp³-hybridized carbons (Fsp3) is 0.484. The molecule has 0 spiro atoms. The molecule has 0 saturated heterocycles. The summed E-state index contributed by atoms with van der Waals surface area (Å²) in [6.07, 6.45) is -0.713. The van der Waals surface area contributed by atoms with Crippen molar-refractivity contribution in [1.82, 2.24) is 16.0 Å². The van der Waals surface area contributed by atoms with Gasteiger partial charge in [-0.3, -0.25) is 4.79 Å². The van der Waals surface area contributed by atoms with Gasteiger partial charge in [0.1, 0.15) is 24.3 Å². The summed E-state index contributed by atoms with van der Waals surface area (Å²) in [6.45, 7) is 9.13. The lowest BCUT2D eigenvalue weighted by atomic mass is 9.98. The summed E-state index contributed by atoms with van der Waals surface area (Å²) >= 11 is 0. The molecule has 0 bridgehead atoms. The lowest BCUT2D eigenvalue weighted by molar-refractivity contribution is -0.145. The molecule has 1 aliphatic rings. The summed E-state index contributed by atoms with van der Waals surface area (Å²) in [7, 11) is 1.23. The summed E-state index contributed by atoms with van der Waals surface area (Å²) in [4.78, 5) is 50.0. The van der Waals surface area contributed by atoms with E-state index in [1.54, 1.807) is 34.6 Å². The summed E-state index contributed by atoms with van der Waals surface area (Å²) in [6, 6.07) is 14.3. The van der Waals surface area contributed by atoms with E-state index in [0.29, 0.717) is 6.42 Å². The van der Waals surface area contributed by atoms with Crippen LogP contribution in [0.25, 0.3) is 11.1 Å². The highest BCUT2D eigenvalue weighted by atomic mass is 16.6. The smallest absolute Gasteiger partial charge is 0.408 e. The molecule has 0 fully saturated rings. The normalized spacial score (nSPS) is 13.8. The first-order valence-corrected chi connectivity index (χ1v) is 13.9. The van der Waals surface area contributed by atoms with Gasteiger partial charge in [-0.25, -0.2) is 14.4 Å². The van der Waals surface area contributed by atoms with Gasteiger partial charge in [-0.1, -0.05) is 62.4 Å². The molecular formula is C31H41N3O7. The van der Waals surface area contributed by atoms with E-state index in [0.717, 1.165) is 22.3 Å². The minimum absolute atomic E-state index is 0.0461. The molecule has 2 atom stereocenters. The molecule has 3 rings (SSSR count). The van der Waals surface area contributed by atoms with E-state index in [9.17, 15) is 19.2 Å². The number of methoxy groups -OCH3 is 1. The van der Waals surface area contributed by atoms with Crippen molar-refractivity contribution >= 4 is 24.1 Å². The minimum Gasteiger partial charge on any atom is -0.467 e. The highest BCUT2D eigenvalue weighted by Crippen LogP contribution is 2.44. The summed E-state index contributed by atoms with van der Waals surface area (Å²) in [5.74, 6) is -1.48. The monoisotopic (exact) mass is 567 g/mol. The van der Waals surface area contributed by atoms with Crippen molar-refractivity contribution in [2.75, 3.05) is 20.3 Å². The van der Waals surface area contributed by atoms with Crippen molar-refractivity contribution in [2.45, 2.75) is 71.1 Å². The molecule has 41 heavy (non-hydrogen) atoms. The third-order valence-electron chi connectivity index (χ3n) is 6.71. The molecule has 0 unspecified atom stereocenters. The number of benzene rings is 2. The number of esters is 1. The van der Waals surface area contributed by atoms with E-state index in [1.807, 2.05) is 24.3 Å². The maximum atomic E-state index is 13.0. The highest BCUT2D eigenvalue weighted by molar-refractivity contribution is 5.89. The maximum absolute atomic E-state index is 13.0. The van der Waals surface area contributed by atoms with Crippen LogP contribution in [0.4, 0.5) is 9.59 Å². The van der Waals surface area contributed by atoms with Crippen molar-refractivity contribution < 1.29 is 33.4 Å². The first kappa shape index (κ1) is 31.4. The van der Waals surface area contributed by atoms with Crippen LogP contribution in [0.15, 0.2) is 48.5 Å². The molecule has 10 heteroatoms. The molecule has 2 aromatic carbocycles. The fourth-order valence-electron chi connectivity index (χ4n) is 4.77. The average molecular weight is 568 g/mol. The van der Waals surface area contributed by atoms with Gasteiger partial charge in [0.05, 0.1) is 7.11 Å². The second kappa shape index (κ2) is 14.0. The molecule has 0 heterocycles. The van der Waals surface area contributed by atoms with Gasteiger partial charge in [-0.2, -0.15) is 0 Å². The zero-order chi connectivity index (χ0) is 30.2. The molecule has 0 aromatic heterocycles. The Kier molecular flexibility index (Phi) is 10.7. The van der Waals surface area contributed by atoms with Gasteiger partial charge in [-0.05, 0) is 61.8 Å². The number of alkyl carbamates (subject to hydrolysis) is 2. The second-order valence-corrected chi connectivity index (χ2v) is 11.3. The third-order valence-corrected chi connectivity index (χ3v) is 6.71. The second-order valence-electron chi connectivity index (χ2n) is 11.3. The highest BCUT2D eigenvalue weighted by Gasteiger charge is 2.31. The SMILES string of the molecule is COC(=O)[C@H](CCCNC(=O)OCC1c2ccccc2-c2ccccc21)NC(=O)[C@@H](NC(=O)OC(C)(C)C)C(C)C. The molecule has 2 aromatic rings. The van der Waals surface area contributed by atoms with E-state index in [4.69, 9.17) is 14.2 Å². The van der Waals surface area contributed by atoms with E-state index >= 15 is 0 Å². The van der Waals surface area contributed by atoms with Crippen molar-refractivity contribution in [3.8, 4) is 11.1 Å². The van der Waals surface area contributed by atoms with E-state index < -0.39 is 41.7 Å². The fourth-order valence-corrected chi connectivity index (χ4v) is 4.77. The Morgan fingerprint density at radius 2 is 1.46 bits per heavy atom. The Hall–Kier alpha value is -4.08. The number of ether oxygens (including phenoxy) is 3. The largest absolute Gasteiger partial charge is 0.467 e. The Morgan fingerprint density at radius 1 is 0.878 bits per heavy atom. The summed E-state index contributed by atoms with van der Waals surface area (Å²) in [5.41, 5.74) is 3.82. The topological polar surface area (TPSA) is 132 Å². The van der Waals surface area contributed by atoms with Crippen molar-refractivity contribution in [2.24, 2.45) is 5.92 Å². The zero-order valence-electron chi connectivity index (χ0n) is 24.6. The predicted octanol–water partition coefficient (Wildman–Crippen LogP) is 4.51. The van der Waals surface area contributed by atoms with E-state index in [2.05, 4.69) is 40.2 Å². The molecular weight excluding hydrogens is 526 g/mol. The van der Waals surface area contributed by atoms with Crippen LogP contribution in [0, 0.1) is 5.92 Å². The van der Waals surface area contributed by atoms with Crippen LogP contribution in [0.3, 0.4) is 0 Å². The van der Waals surface area contributed by atoms with Crippen LogP contribution >= 0.6 is 0 Å². The van der Waals surface area contributed by atoms with E-state index in [-0.39, 0.29) is 31.4 Å². The van der Waals surface area contributed by atoms with Crippen LogP contribution in [0.1, 0.15) is 64.5 Å². The number of carbonyl (C=O) groups is 4. The van der Waals surface area contributed by atoms with Gasteiger partial charge in [0.25, 0.3) is 0 Å². The third kappa shape index (κ3) is 8.70. The Labute approximate surface area is 241 Å². The molecule has 3 amide bonds. The van der Waals surface area contributed by atoms with Gasteiger partial charge in [0.2, 0.25) is 5.91 Å². The van der Waals surface area contributed by atoms with Gasteiger partial charge >= 0.3 is 18.2 Å². The van der Waals surface area contributed by atoms with Crippen LogP contribution in [-0.2, 0) is 23.8 Å². The quantitative estimate of drug-likeness (QED) is 0.207. The number of amides is 3. The Balaban J connectivity index is 1.49. The lowest BCUT2D eigenvalue weighted by Crippen LogP contribution is -2.54. The Bertz CT molecular complexity index is 1190. The number of nitrogens with one attached hydrogen (secondary N) is 3. The minimum atomic E-state index is -0.960. The summed E-state index contributed by atoms with van der Waals surface area (Å²) in [5, 5.41) is 7.94. The van der Waals surface area contributed by atoms with Crippen LogP contribution in [0.5, 0.6) is 0 Å². The molecule has 222 valence electrons.